The van der Waals surface area contributed by atoms with Crippen LogP contribution in [0.1, 0.15) is 42.1 Å². The smallest absolute Gasteiger partial charge is 0.269 e. The standard InChI is InChI=1S/C21H24BrN3O4/c1-2-12-29-18-9-8-16(13-17(18)22)21(28)25-24-20(27)11-10-19(26)23-14-15-6-4-3-5-7-15/h3-9,13H,2,10-12,14H2,1H3,(H,23,26)(H,24,27)(H,25,28). The molecule has 3 N–H and O–H groups in total. The van der Waals surface area contributed by atoms with Gasteiger partial charge in [0.1, 0.15) is 5.75 Å². The molecule has 154 valence electrons. The molecule has 7 nitrogen and oxygen atoms in total. The summed E-state index contributed by atoms with van der Waals surface area (Å²) in [6.45, 7) is 3.00. The molecular weight excluding hydrogens is 438 g/mol. The van der Waals surface area contributed by atoms with E-state index in [0.29, 0.717) is 28.9 Å². The van der Waals surface area contributed by atoms with Gasteiger partial charge in [0.15, 0.2) is 0 Å². The first-order valence-corrected chi connectivity index (χ1v) is 10.1. The van der Waals surface area contributed by atoms with Crippen LogP contribution in [0.25, 0.3) is 0 Å². The SMILES string of the molecule is CCCOc1ccc(C(=O)NNC(=O)CCC(=O)NCc2ccccc2)cc1Br. The molecule has 0 aliphatic carbocycles. The first kappa shape index (κ1) is 22.4. The quantitative estimate of drug-likeness (QED) is 0.499. The maximum Gasteiger partial charge on any atom is 0.269 e. The summed E-state index contributed by atoms with van der Waals surface area (Å²) in [5.41, 5.74) is 6.00. The van der Waals surface area contributed by atoms with Crippen molar-refractivity contribution in [3.05, 3.63) is 64.1 Å². The highest BCUT2D eigenvalue weighted by Gasteiger charge is 2.11. The van der Waals surface area contributed by atoms with E-state index >= 15 is 0 Å². The number of carbonyl (C=O) groups is 3. The zero-order valence-corrected chi connectivity index (χ0v) is 17.8. The normalized spacial score (nSPS) is 10.1. The Morgan fingerprint density at radius 2 is 1.69 bits per heavy atom. The maximum absolute atomic E-state index is 12.2. The molecule has 0 aliphatic rings. The average Bonchev–Trinajstić information content (AvgIpc) is 2.74. The number of amides is 3. The van der Waals surface area contributed by atoms with Crippen molar-refractivity contribution in [3.8, 4) is 5.75 Å². The van der Waals surface area contributed by atoms with Crippen LogP contribution in [-0.4, -0.2) is 24.3 Å². The molecule has 2 aromatic carbocycles. The number of hydrogen-bond acceptors (Lipinski definition) is 4. The highest BCUT2D eigenvalue weighted by molar-refractivity contribution is 9.10. The molecule has 3 amide bonds. The lowest BCUT2D eigenvalue weighted by Crippen LogP contribution is -2.42. The largest absolute Gasteiger partial charge is 0.492 e. The molecule has 0 atom stereocenters. The van der Waals surface area contributed by atoms with E-state index < -0.39 is 11.8 Å². The molecule has 0 unspecified atom stereocenters. The van der Waals surface area contributed by atoms with Crippen molar-refractivity contribution in [3.63, 3.8) is 0 Å². The highest BCUT2D eigenvalue weighted by atomic mass is 79.9. The van der Waals surface area contributed by atoms with Crippen LogP contribution in [0.3, 0.4) is 0 Å². The van der Waals surface area contributed by atoms with E-state index in [1.807, 2.05) is 37.3 Å². The van der Waals surface area contributed by atoms with Gasteiger partial charge in [0.25, 0.3) is 5.91 Å². The molecule has 2 aromatic rings. The fourth-order valence-corrected chi connectivity index (χ4v) is 2.84. The summed E-state index contributed by atoms with van der Waals surface area (Å²) < 4.78 is 6.19. The Morgan fingerprint density at radius 1 is 0.966 bits per heavy atom. The van der Waals surface area contributed by atoms with Crippen LogP contribution >= 0.6 is 15.9 Å². The van der Waals surface area contributed by atoms with Crippen molar-refractivity contribution in [1.29, 1.82) is 0 Å². The summed E-state index contributed by atoms with van der Waals surface area (Å²) >= 11 is 3.36. The minimum absolute atomic E-state index is 0.0313. The van der Waals surface area contributed by atoms with Crippen LogP contribution in [0.15, 0.2) is 53.0 Å². The molecular formula is C21H24BrN3O4. The van der Waals surface area contributed by atoms with Crippen LogP contribution < -0.4 is 20.9 Å². The second kappa shape index (κ2) is 11.9. The predicted octanol–water partition coefficient (Wildman–Crippen LogP) is 3.10. The van der Waals surface area contributed by atoms with Gasteiger partial charge in [-0.25, -0.2) is 0 Å². The van der Waals surface area contributed by atoms with Gasteiger partial charge in [-0.1, -0.05) is 37.3 Å². The molecule has 2 rings (SSSR count). The van der Waals surface area contributed by atoms with Gasteiger partial charge >= 0.3 is 0 Å². The molecule has 0 fully saturated rings. The Labute approximate surface area is 178 Å². The van der Waals surface area contributed by atoms with Gasteiger partial charge in [-0.05, 0) is 46.1 Å². The number of hydrogen-bond donors (Lipinski definition) is 3. The number of halogens is 1. The highest BCUT2D eigenvalue weighted by Crippen LogP contribution is 2.26. The van der Waals surface area contributed by atoms with E-state index in [0.717, 1.165) is 12.0 Å². The van der Waals surface area contributed by atoms with E-state index in [2.05, 4.69) is 32.1 Å². The lowest BCUT2D eigenvalue weighted by Gasteiger charge is -2.10. The fourth-order valence-electron chi connectivity index (χ4n) is 2.34. The minimum Gasteiger partial charge on any atom is -0.492 e. The summed E-state index contributed by atoms with van der Waals surface area (Å²) in [5, 5.41) is 2.75. The van der Waals surface area contributed by atoms with Gasteiger partial charge in [0.2, 0.25) is 11.8 Å². The topological polar surface area (TPSA) is 96.5 Å². The molecule has 0 radical (unpaired) electrons. The Balaban J connectivity index is 1.70. The zero-order chi connectivity index (χ0) is 21.1. The monoisotopic (exact) mass is 461 g/mol. The Bertz CT molecular complexity index is 843. The summed E-state index contributed by atoms with van der Waals surface area (Å²) in [5.74, 6) is -0.499. The Kier molecular flexibility index (Phi) is 9.17. The van der Waals surface area contributed by atoms with Crippen molar-refractivity contribution in [2.45, 2.75) is 32.7 Å². The Hall–Kier alpha value is -2.87. The summed E-state index contributed by atoms with van der Waals surface area (Å²) in [6.07, 6.45) is 0.878. The van der Waals surface area contributed by atoms with Gasteiger partial charge in [-0.3, -0.25) is 25.2 Å². The van der Waals surface area contributed by atoms with E-state index in [9.17, 15) is 14.4 Å². The third-order valence-corrected chi connectivity index (χ3v) is 4.50. The number of benzene rings is 2. The molecule has 0 heterocycles. The number of ether oxygens (including phenoxy) is 1. The number of hydrazine groups is 1. The van der Waals surface area contributed by atoms with E-state index in [4.69, 9.17) is 4.74 Å². The van der Waals surface area contributed by atoms with Crippen LogP contribution in [0.2, 0.25) is 0 Å². The molecule has 0 aliphatic heterocycles. The number of nitrogens with one attached hydrogen (secondary N) is 3. The van der Waals surface area contributed by atoms with E-state index in [-0.39, 0.29) is 18.7 Å². The second-order valence-electron chi connectivity index (χ2n) is 6.26. The van der Waals surface area contributed by atoms with E-state index in [1.54, 1.807) is 18.2 Å². The van der Waals surface area contributed by atoms with Gasteiger partial charge in [-0.2, -0.15) is 0 Å². The molecule has 0 bridgehead atoms. The first-order chi connectivity index (χ1) is 14.0. The molecule has 0 aromatic heterocycles. The molecule has 0 saturated carbocycles. The summed E-state index contributed by atoms with van der Waals surface area (Å²) in [7, 11) is 0. The van der Waals surface area contributed by atoms with Crippen molar-refractivity contribution in [2.24, 2.45) is 0 Å². The van der Waals surface area contributed by atoms with Crippen molar-refractivity contribution in [2.75, 3.05) is 6.61 Å². The van der Waals surface area contributed by atoms with Gasteiger partial charge < -0.3 is 10.1 Å². The van der Waals surface area contributed by atoms with Crippen LogP contribution in [0.4, 0.5) is 0 Å². The lowest BCUT2D eigenvalue weighted by atomic mass is 10.2. The van der Waals surface area contributed by atoms with Crippen LogP contribution in [0, 0.1) is 0 Å². The zero-order valence-electron chi connectivity index (χ0n) is 16.2. The molecule has 8 heteroatoms. The van der Waals surface area contributed by atoms with Crippen molar-refractivity contribution < 1.29 is 19.1 Å². The predicted molar refractivity (Wildman–Crippen MR) is 113 cm³/mol. The van der Waals surface area contributed by atoms with Crippen LogP contribution in [-0.2, 0) is 16.1 Å². The van der Waals surface area contributed by atoms with E-state index in [1.165, 1.54) is 0 Å². The molecule has 0 spiro atoms. The molecule has 0 saturated heterocycles. The fraction of sp³-hybridized carbons (Fsp3) is 0.286. The minimum atomic E-state index is -0.463. The number of carbonyl (C=O) groups excluding carboxylic acids is 3. The van der Waals surface area contributed by atoms with Crippen molar-refractivity contribution >= 4 is 33.7 Å². The first-order valence-electron chi connectivity index (χ1n) is 9.31. The Morgan fingerprint density at radius 3 is 2.38 bits per heavy atom. The molecule has 29 heavy (non-hydrogen) atoms. The second-order valence-corrected chi connectivity index (χ2v) is 7.11. The summed E-state index contributed by atoms with van der Waals surface area (Å²) in [4.78, 5) is 35.8. The van der Waals surface area contributed by atoms with Gasteiger partial charge in [0.05, 0.1) is 11.1 Å². The third-order valence-electron chi connectivity index (χ3n) is 3.88. The van der Waals surface area contributed by atoms with Gasteiger partial charge in [-0.15, -0.1) is 0 Å². The van der Waals surface area contributed by atoms with Crippen molar-refractivity contribution in [1.82, 2.24) is 16.2 Å². The summed E-state index contributed by atoms with van der Waals surface area (Å²) in [6, 6.07) is 14.4. The lowest BCUT2D eigenvalue weighted by molar-refractivity contribution is -0.126. The maximum atomic E-state index is 12.2. The third kappa shape index (κ3) is 7.95. The van der Waals surface area contributed by atoms with Gasteiger partial charge in [0, 0.05) is 24.9 Å². The van der Waals surface area contributed by atoms with Crippen LogP contribution in [0.5, 0.6) is 5.75 Å². The number of rotatable bonds is 9. The average molecular weight is 462 g/mol.